The smallest absolute Gasteiger partial charge is 0.210 e. The predicted octanol–water partition coefficient (Wildman–Crippen LogP) is 1.95. The molecule has 30 heavy (non-hydrogen) atoms. The Morgan fingerprint density at radius 1 is 1.23 bits per heavy atom. The van der Waals surface area contributed by atoms with E-state index in [9.17, 15) is 9.50 Å². The van der Waals surface area contributed by atoms with Gasteiger partial charge in [-0.1, -0.05) is 0 Å². The van der Waals surface area contributed by atoms with Crippen molar-refractivity contribution in [3.8, 4) is 16.9 Å². The third-order valence-corrected chi connectivity index (χ3v) is 5.13. The third-order valence-electron chi connectivity index (χ3n) is 5.13. The molecule has 4 aromatic rings. The minimum atomic E-state index is -0.286. The fourth-order valence-electron chi connectivity index (χ4n) is 3.65. The van der Waals surface area contributed by atoms with E-state index in [0.717, 1.165) is 11.3 Å². The van der Waals surface area contributed by atoms with E-state index in [4.69, 9.17) is 10.5 Å². The average molecular weight is 407 g/mol. The zero-order valence-corrected chi connectivity index (χ0v) is 15.8. The topological polar surface area (TPSA) is 123 Å². The van der Waals surface area contributed by atoms with Crippen LogP contribution in [0.2, 0.25) is 0 Å². The number of nitrogens with zero attached hydrogens (tertiary/aromatic N) is 5. The minimum Gasteiger partial charge on any atom is -0.493 e. The van der Waals surface area contributed by atoms with Crippen LogP contribution in [0.25, 0.3) is 16.8 Å². The Hall–Kier alpha value is -3.79. The Bertz CT molecular complexity index is 1260. The van der Waals surface area contributed by atoms with Crippen molar-refractivity contribution in [2.24, 2.45) is 0 Å². The number of nitrogen functional groups attached to an aromatic ring is 1. The van der Waals surface area contributed by atoms with Gasteiger partial charge >= 0.3 is 0 Å². The number of hydrogen-bond donors (Lipinski definition) is 3. The molecular formula is C20H18FN7O2. The molecule has 0 aliphatic carbocycles. The normalized spacial score (nSPS) is 12.7. The molecule has 1 aliphatic rings. The van der Waals surface area contributed by atoms with Crippen molar-refractivity contribution in [1.82, 2.24) is 24.6 Å². The van der Waals surface area contributed by atoms with Crippen LogP contribution in [0.4, 0.5) is 16.2 Å². The number of benzene rings is 1. The van der Waals surface area contributed by atoms with Crippen molar-refractivity contribution in [3.05, 3.63) is 59.4 Å². The number of aromatic nitrogens is 5. The second kappa shape index (κ2) is 7.23. The number of ether oxygens (including phenoxy) is 1. The summed E-state index contributed by atoms with van der Waals surface area (Å²) in [5, 5.41) is 20.6. The highest BCUT2D eigenvalue weighted by Crippen LogP contribution is 2.31. The van der Waals surface area contributed by atoms with Crippen molar-refractivity contribution < 1.29 is 14.2 Å². The van der Waals surface area contributed by atoms with Crippen molar-refractivity contribution in [1.29, 1.82) is 0 Å². The van der Waals surface area contributed by atoms with Crippen molar-refractivity contribution >= 4 is 17.4 Å². The zero-order valence-electron chi connectivity index (χ0n) is 15.8. The van der Waals surface area contributed by atoms with Gasteiger partial charge < -0.3 is 20.9 Å². The maximum absolute atomic E-state index is 14.4. The molecule has 0 saturated carbocycles. The summed E-state index contributed by atoms with van der Waals surface area (Å²) in [6, 6.07) is 6.52. The number of nitrogens with two attached hydrogens (primary N) is 1. The highest BCUT2D eigenvalue weighted by molar-refractivity contribution is 5.83. The van der Waals surface area contributed by atoms with Crippen LogP contribution < -0.4 is 15.8 Å². The van der Waals surface area contributed by atoms with E-state index in [1.807, 2.05) is 0 Å². The number of hydrogen-bond acceptors (Lipinski definition) is 8. The second-order valence-corrected chi connectivity index (χ2v) is 6.87. The van der Waals surface area contributed by atoms with Crippen LogP contribution in [-0.2, 0) is 19.6 Å². The zero-order chi connectivity index (χ0) is 20.7. The second-order valence-electron chi connectivity index (χ2n) is 6.87. The minimum absolute atomic E-state index is 0.198. The number of rotatable bonds is 5. The van der Waals surface area contributed by atoms with Crippen LogP contribution in [0, 0.1) is 5.82 Å². The van der Waals surface area contributed by atoms with Crippen LogP contribution in [0.15, 0.2) is 36.8 Å². The molecule has 0 spiro atoms. The molecule has 1 aromatic carbocycles. The summed E-state index contributed by atoms with van der Waals surface area (Å²) in [6.07, 6.45) is 3.82. The fraction of sp³-hybridized carbons (Fsp3) is 0.200. The average Bonchev–Trinajstić information content (AvgIpc) is 3.43. The summed E-state index contributed by atoms with van der Waals surface area (Å²) in [4.78, 5) is 8.64. The van der Waals surface area contributed by atoms with E-state index in [2.05, 4.69) is 25.5 Å². The SMILES string of the molecule is Nc1nc(CO)ccc1-c1cnc(NCc2c(F)ccc3c2CCO3)n2cnnc12. The van der Waals surface area contributed by atoms with Gasteiger partial charge in [-0.15, -0.1) is 10.2 Å². The van der Waals surface area contributed by atoms with Gasteiger partial charge in [-0.2, -0.15) is 0 Å². The summed E-state index contributed by atoms with van der Waals surface area (Å²) in [6.45, 7) is 0.600. The Kier molecular flexibility index (Phi) is 4.40. The van der Waals surface area contributed by atoms with Gasteiger partial charge in [0.15, 0.2) is 5.65 Å². The number of pyridine rings is 1. The van der Waals surface area contributed by atoms with Gasteiger partial charge in [0.1, 0.15) is 23.7 Å². The molecule has 9 nitrogen and oxygen atoms in total. The van der Waals surface area contributed by atoms with Crippen molar-refractivity contribution in [2.45, 2.75) is 19.6 Å². The number of nitrogens with one attached hydrogen (secondary N) is 1. The summed E-state index contributed by atoms with van der Waals surface area (Å²) in [7, 11) is 0. The molecular weight excluding hydrogens is 389 g/mol. The first-order valence-electron chi connectivity index (χ1n) is 9.38. The largest absolute Gasteiger partial charge is 0.493 e. The van der Waals surface area contributed by atoms with E-state index < -0.39 is 0 Å². The molecule has 4 N–H and O–H groups in total. The van der Waals surface area contributed by atoms with Gasteiger partial charge in [-0.25, -0.2) is 14.4 Å². The number of aliphatic hydroxyl groups is 1. The molecule has 152 valence electrons. The first kappa shape index (κ1) is 18.3. The Balaban J connectivity index is 1.49. The lowest BCUT2D eigenvalue weighted by Gasteiger charge is -2.13. The molecule has 5 rings (SSSR count). The van der Waals surface area contributed by atoms with Crippen LogP contribution in [0.1, 0.15) is 16.8 Å². The van der Waals surface area contributed by atoms with Gasteiger partial charge in [0.25, 0.3) is 0 Å². The molecule has 0 fully saturated rings. The Morgan fingerprint density at radius 3 is 2.97 bits per heavy atom. The highest BCUT2D eigenvalue weighted by atomic mass is 19.1. The molecule has 0 unspecified atom stereocenters. The predicted molar refractivity (Wildman–Crippen MR) is 107 cm³/mol. The molecule has 0 saturated heterocycles. The first-order chi connectivity index (χ1) is 14.7. The summed E-state index contributed by atoms with van der Waals surface area (Å²) < 4.78 is 21.6. The number of aliphatic hydroxyl groups excluding tert-OH is 1. The molecule has 0 atom stereocenters. The Morgan fingerprint density at radius 2 is 2.13 bits per heavy atom. The quantitative estimate of drug-likeness (QED) is 0.459. The molecule has 3 aromatic heterocycles. The van der Waals surface area contributed by atoms with Gasteiger partial charge in [-0.05, 0) is 24.3 Å². The molecule has 0 radical (unpaired) electrons. The fourth-order valence-corrected chi connectivity index (χ4v) is 3.65. The first-order valence-corrected chi connectivity index (χ1v) is 9.38. The standard InChI is InChI=1S/C20H18FN7O2/c21-16-3-4-17-12(5-6-30-17)14(16)7-23-20-24-8-15(19-27-25-10-28(19)20)13-2-1-11(9-29)26-18(13)22/h1-4,8,10,29H,5-7,9H2,(H2,22,26)(H,23,24). The van der Waals surface area contributed by atoms with Gasteiger partial charge in [0, 0.05) is 41.4 Å². The number of halogens is 1. The van der Waals surface area contributed by atoms with Crippen LogP contribution in [0.5, 0.6) is 5.75 Å². The summed E-state index contributed by atoms with van der Waals surface area (Å²) in [5.74, 6) is 1.16. The van der Waals surface area contributed by atoms with E-state index in [1.54, 1.807) is 28.8 Å². The van der Waals surface area contributed by atoms with Gasteiger partial charge in [0.05, 0.1) is 18.9 Å². The van der Waals surface area contributed by atoms with E-state index in [0.29, 0.717) is 47.0 Å². The Labute approximate surface area is 170 Å². The monoisotopic (exact) mass is 407 g/mol. The summed E-state index contributed by atoms with van der Waals surface area (Å²) in [5.41, 5.74) is 9.77. The molecule has 0 amide bonds. The van der Waals surface area contributed by atoms with Crippen molar-refractivity contribution in [2.75, 3.05) is 17.7 Å². The van der Waals surface area contributed by atoms with E-state index >= 15 is 0 Å². The number of fused-ring (bicyclic) bond motifs is 2. The highest BCUT2D eigenvalue weighted by Gasteiger charge is 2.20. The van der Waals surface area contributed by atoms with Gasteiger partial charge in [0.2, 0.25) is 5.95 Å². The molecule has 4 heterocycles. The summed E-state index contributed by atoms with van der Waals surface area (Å²) >= 11 is 0. The van der Waals surface area contributed by atoms with Crippen LogP contribution in [0.3, 0.4) is 0 Å². The van der Waals surface area contributed by atoms with Gasteiger partial charge in [-0.3, -0.25) is 4.40 Å². The molecule has 0 bridgehead atoms. The van der Waals surface area contributed by atoms with Crippen molar-refractivity contribution in [3.63, 3.8) is 0 Å². The molecule has 1 aliphatic heterocycles. The lowest BCUT2D eigenvalue weighted by molar-refractivity contribution is 0.277. The third kappa shape index (κ3) is 2.98. The maximum atomic E-state index is 14.4. The number of anilines is 2. The van der Waals surface area contributed by atoms with Crippen LogP contribution >= 0.6 is 0 Å². The van der Waals surface area contributed by atoms with E-state index in [1.165, 1.54) is 12.4 Å². The maximum Gasteiger partial charge on any atom is 0.210 e. The lowest BCUT2D eigenvalue weighted by atomic mass is 10.0. The molecule has 10 heteroatoms. The van der Waals surface area contributed by atoms with E-state index in [-0.39, 0.29) is 24.8 Å². The van der Waals surface area contributed by atoms with Crippen LogP contribution in [-0.4, -0.2) is 36.3 Å². The lowest BCUT2D eigenvalue weighted by Crippen LogP contribution is -2.10.